The van der Waals surface area contributed by atoms with Crippen LogP contribution in [0, 0.1) is 0 Å². The minimum absolute atomic E-state index is 0.116. The lowest BCUT2D eigenvalue weighted by molar-refractivity contribution is -0.117. The zero-order valence-corrected chi connectivity index (χ0v) is 23.3. The SMILES string of the molecule is NC(=O)Cc1cccc(-n2nc(C3CCCC3)cc2NC(=O)Nc2cccc(Oc3nccc(-c4cccnc4)n3)c2)c1. The number of benzene rings is 2. The Hall–Kier alpha value is -5.58. The van der Waals surface area contributed by atoms with Crippen LogP contribution < -0.4 is 21.1 Å². The summed E-state index contributed by atoms with van der Waals surface area (Å²) in [5.41, 5.74) is 9.87. The summed E-state index contributed by atoms with van der Waals surface area (Å²) in [5.74, 6) is 0.900. The first-order valence-corrected chi connectivity index (χ1v) is 14.1. The monoisotopic (exact) mass is 574 g/mol. The van der Waals surface area contributed by atoms with Gasteiger partial charge in [-0.2, -0.15) is 10.1 Å². The van der Waals surface area contributed by atoms with E-state index in [4.69, 9.17) is 15.6 Å². The molecule has 4 N–H and O–H groups in total. The molecule has 1 aliphatic carbocycles. The van der Waals surface area contributed by atoms with Crippen molar-refractivity contribution in [2.75, 3.05) is 10.6 Å². The van der Waals surface area contributed by atoms with Gasteiger partial charge in [-0.05, 0) is 60.9 Å². The molecule has 3 aromatic heterocycles. The highest BCUT2D eigenvalue weighted by atomic mass is 16.5. The molecule has 11 nitrogen and oxygen atoms in total. The molecule has 5 aromatic rings. The molecule has 3 heterocycles. The minimum atomic E-state index is -0.445. The molecule has 6 rings (SSSR count). The van der Waals surface area contributed by atoms with Gasteiger partial charge in [0.15, 0.2) is 0 Å². The van der Waals surface area contributed by atoms with Gasteiger partial charge in [-0.1, -0.05) is 31.0 Å². The molecule has 0 radical (unpaired) electrons. The number of pyridine rings is 1. The lowest BCUT2D eigenvalue weighted by Crippen LogP contribution is -2.21. The van der Waals surface area contributed by atoms with Gasteiger partial charge < -0.3 is 15.8 Å². The van der Waals surface area contributed by atoms with Crippen molar-refractivity contribution in [3.63, 3.8) is 0 Å². The van der Waals surface area contributed by atoms with Crippen molar-refractivity contribution in [1.29, 1.82) is 0 Å². The second kappa shape index (κ2) is 12.5. The topological polar surface area (TPSA) is 150 Å². The summed E-state index contributed by atoms with van der Waals surface area (Å²) < 4.78 is 7.59. The maximum Gasteiger partial charge on any atom is 0.324 e. The van der Waals surface area contributed by atoms with Gasteiger partial charge in [-0.15, -0.1) is 0 Å². The van der Waals surface area contributed by atoms with Gasteiger partial charge in [0, 0.05) is 47.9 Å². The normalized spacial score (nSPS) is 13.0. The molecular weight excluding hydrogens is 544 g/mol. The quantitative estimate of drug-likeness (QED) is 0.200. The molecule has 0 saturated heterocycles. The van der Waals surface area contributed by atoms with Crippen molar-refractivity contribution in [3.8, 4) is 28.7 Å². The van der Waals surface area contributed by atoms with E-state index in [1.54, 1.807) is 53.6 Å². The van der Waals surface area contributed by atoms with Gasteiger partial charge in [0.1, 0.15) is 11.6 Å². The molecular formula is C32H30N8O3. The van der Waals surface area contributed by atoms with E-state index < -0.39 is 11.9 Å². The third kappa shape index (κ3) is 6.84. The molecule has 0 spiro atoms. The highest BCUT2D eigenvalue weighted by molar-refractivity contribution is 5.99. The second-order valence-electron chi connectivity index (χ2n) is 10.3. The summed E-state index contributed by atoms with van der Waals surface area (Å²) in [6.07, 6.45) is 9.59. The number of hydrogen-bond donors (Lipinski definition) is 3. The van der Waals surface area contributed by atoms with Crippen molar-refractivity contribution in [2.45, 2.75) is 38.0 Å². The summed E-state index contributed by atoms with van der Waals surface area (Å²) in [6, 6.07) is 21.5. The van der Waals surface area contributed by atoms with E-state index in [-0.39, 0.29) is 12.4 Å². The number of carbonyl (C=O) groups excluding carboxylic acids is 2. The van der Waals surface area contributed by atoms with E-state index in [2.05, 4.69) is 25.6 Å². The van der Waals surface area contributed by atoms with Crippen molar-refractivity contribution in [2.24, 2.45) is 5.73 Å². The molecule has 11 heteroatoms. The van der Waals surface area contributed by atoms with E-state index >= 15 is 0 Å². The predicted octanol–water partition coefficient (Wildman–Crippen LogP) is 5.85. The summed E-state index contributed by atoms with van der Waals surface area (Å²) in [6.45, 7) is 0. The molecule has 0 aliphatic heterocycles. The van der Waals surface area contributed by atoms with Crippen molar-refractivity contribution >= 4 is 23.4 Å². The zero-order chi connectivity index (χ0) is 29.6. The predicted molar refractivity (Wildman–Crippen MR) is 162 cm³/mol. The van der Waals surface area contributed by atoms with Crippen LogP contribution in [-0.2, 0) is 11.2 Å². The number of nitrogens with two attached hydrogens (primary N) is 1. The third-order valence-corrected chi connectivity index (χ3v) is 7.17. The zero-order valence-electron chi connectivity index (χ0n) is 23.3. The number of carbonyl (C=O) groups is 2. The van der Waals surface area contributed by atoms with Crippen molar-refractivity contribution in [1.82, 2.24) is 24.7 Å². The van der Waals surface area contributed by atoms with E-state index in [1.165, 1.54) is 0 Å². The number of nitrogens with one attached hydrogen (secondary N) is 2. The molecule has 1 saturated carbocycles. The Bertz CT molecular complexity index is 1750. The Morgan fingerprint density at radius 1 is 0.953 bits per heavy atom. The number of hydrogen-bond acceptors (Lipinski definition) is 7. The summed E-state index contributed by atoms with van der Waals surface area (Å²) in [5, 5.41) is 10.7. The summed E-state index contributed by atoms with van der Waals surface area (Å²) in [7, 11) is 0. The van der Waals surface area contributed by atoms with Crippen LogP contribution in [0.25, 0.3) is 16.9 Å². The number of anilines is 2. The molecule has 2 aromatic carbocycles. The van der Waals surface area contributed by atoms with Crippen LogP contribution in [0.15, 0.2) is 91.4 Å². The van der Waals surface area contributed by atoms with E-state index in [0.29, 0.717) is 28.9 Å². The second-order valence-corrected chi connectivity index (χ2v) is 10.3. The van der Waals surface area contributed by atoms with Crippen LogP contribution in [0.4, 0.5) is 16.3 Å². The average Bonchev–Trinajstić information content (AvgIpc) is 3.69. The lowest BCUT2D eigenvalue weighted by atomic mass is 10.0. The van der Waals surface area contributed by atoms with Crippen molar-refractivity contribution in [3.05, 3.63) is 103 Å². The molecule has 0 atom stereocenters. The maximum absolute atomic E-state index is 13.2. The Kier molecular flexibility index (Phi) is 8.03. The van der Waals surface area contributed by atoms with Gasteiger partial charge in [-0.3, -0.25) is 15.1 Å². The van der Waals surface area contributed by atoms with Crippen LogP contribution >= 0.6 is 0 Å². The van der Waals surface area contributed by atoms with Crippen molar-refractivity contribution < 1.29 is 14.3 Å². The number of ether oxygens (including phenoxy) is 1. The Morgan fingerprint density at radius 2 is 1.81 bits per heavy atom. The first-order valence-electron chi connectivity index (χ1n) is 14.1. The number of urea groups is 1. The molecule has 1 fully saturated rings. The van der Waals surface area contributed by atoms with E-state index in [9.17, 15) is 9.59 Å². The summed E-state index contributed by atoms with van der Waals surface area (Å²) in [4.78, 5) is 37.5. The highest BCUT2D eigenvalue weighted by Crippen LogP contribution is 2.35. The Balaban J connectivity index is 1.19. The van der Waals surface area contributed by atoms with Crippen LogP contribution in [-0.4, -0.2) is 36.7 Å². The fraction of sp³-hybridized carbons (Fsp3) is 0.188. The number of aromatic nitrogens is 5. The molecule has 1 aliphatic rings. The fourth-order valence-corrected chi connectivity index (χ4v) is 5.19. The largest absolute Gasteiger partial charge is 0.424 e. The van der Waals surface area contributed by atoms with Gasteiger partial charge in [0.2, 0.25) is 5.91 Å². The first-order chi connectivity index (χ1) is 21.0. The molecule has 216 valence electrons. The summed E-state index contributed by atoms with van der Waals surface area (Å²) >= 11 is 0. The van der Waals surface area contributed by atoms with Gasteiger partial charge >= 0.3 is 12.0 Å². The standard InChI is InChI=1S/C32H30N8O3/c33-29(41)17-21-6-3-11-25(16-21)40-30(19-28(39-40)22-7-1-2-8-22)38-31(42)36-24-10-4-12-26(18-24)43-32-35-15-13-27(37-32)23-9-5-14-34-20-23/h3-6,9-16,18-20,22H,1-2,7-8,17H2,(H2,33,41)(H2,36,38,42). The maximum atomic E-state index is 13.2. The molecule has 0 unspecified atom stereocenters. The van der Waals surface area contributed by atoms with Crippen LogP contribution in [0.2, 0.25) is 0 Å². The average molecular weight is 575 g/mol. The smallest absolute Gasteiger partial charge is 0.324 e. The number of amides is 3. The number of nitrogens with zero attached hydrogens (tertiary/aromatic N) is 5. The Labute approximate surface area is 248 Å². The molecule has 3 amide bonds. The van der Waals surface area contributed by atoms with Gasteiger partial charge in [0.05, 0.1) is 23.5 Å². The third-order valence-electron chi connectivity index (χ3n) is 7.17. The van der Waals surface area contributed by atoms with Gasteiger partial charge in [0.25, 0.3) is 0 Å². The van der Waals surface area contributed by atoms with Crippen LogP contribution in [0.1, 0.15) is 42.9 Å². The lowest BCUT2D eigenvalue weighted by Gasteiger charge is -2.12. The number of primary amides is 1. The minimum Gasteiger partial charge on any atom is -0.424 e. The first kappa shape index (κ1) is 27.6. The van der Waals surface area contributed by atoms with Crippen LogP contribution in [0.5, 0.6) is 11.8 Å². The van der Waals surface area contributed by atoms with E-state index in [1.807, 2.05) is 42.5 Å². The fourth-order valence-electron chi connectivity index (χ4n) is 5.19. The Morgan fingerprint density at radius 3 is 2.63 bits per heavy atom. The number of rotatable bonds is 9. The highest BCUT2D eigenvalue weighted by Gasteiger charge is 2.23. The van der Waals surface area contributed by atoms with Crippen LogP contribution in [0.3, 0.4) is 0 Å². The van der Waals surface area contributed by atoms with Gasteiger partial charge in [-0.25, -0.2) is 14.5 Å². The molecule has 43 heavy (non-hydrogen) atoms. The van der Waals surface area contributed by atoms with E-state index in [0.717, 1.165) is 48.2 Å². The molecule has 0 bridgehead atoms.